The van der Waals surface area contributed by atoms with Crippen molar-refractivity contribution in [2.75, 3.05) is 0 Å². The van der Waals surface area contributed by atoms with Crippen molar-refractivity contribution in [2.24, 2.45) is 0 Å². The van der Waals surface area contributed by atoms with E-state index >= 15 is 0 Å². The Labute approximate surface area is 74.4 Å². The van der Waals surface area contributed by atoms with Gasteiger partial charge in [0.15, 0.2) is 0 Å². The Morgan fingerprint density at radius 2 is 0.500 bits per heavy atom. The molecule has 0 unspecified atom stereocenters. The molecule has 0 aromatic rings. The first-order valence-corrected chi connectivity index (χ1v) is 0. The fourth-order valence-corrected chi connectivity index (χ4v) is 0. The van der Waals surface area contributed by atoms with Crippen LogP contribution >= 0.6 is 0 Å². The summed E-state index contributed by atoms with van der Waals surface area (Å²) in [5, 5.41) is 0. The van der Waals surface area contributed by atoms with Crippen LogP contribution in [0.5, 0.6) is 0 Å². The summed E-state index contributed by atoms with van der Waals surface area (Å²) in [5.41, 5.74) is 0. The number of rotatable bonds is 0. The van der Waals surface area contributed by atoms with Gasteiger partial charge in [0.2, 0.25) is 0 Å². The Morgan fingerprint density at radius 3 is 0.500 bits per heavy atom. The molecule has 0 amide bonds. The van der Waals surface area contributed by atoms with Crippen molar-refractivity contribution in [3.63, 3.8) is 0 Å². The summed E-state index contributed by atoms with van der Waals surface area (Å²) >= 11 is 0. The minimum atomic E-state index is 0. The van der Waals surface area contributed by atoms with Crippen LogP contribution in [0.4, 0.5) is 0 Å². The monoisotopic (exact) mass is 354 g/mol. The summed E-state index contributed by atoms with van der Waals surface area (Å²) in [6, 6.07) is 0. The van der Waals surface area contributed by atoms with Gasteiger partial charge in [-0.15, -0.1) is 0 Å². The van der Waals surface area contributed by atoms with Crippen molar-refractivity contribution in [3.05, 3.63) is 0 Å². The first-order valence-electron chi connectivity index (χ1n) is 0. The predicted molar refractivity (Wildman–Crippen MR) is 0 cm³/mol. The zero-order valence-corrected chi connectivity index (χ0v) is 8.00. The molecule has 0 aromatic carbocycles. The Balaban J connectivity index is 0. The summed E-state index contributed by atoms with van der Waals surface area (Å²) in [7, 11) is 0. The van der Waals surface area contributed by atoms with Crippen molar-refractivity contribution in [2.45, 2.75) is 0 Å². The van der Waals surface area contributed by atoms with Gasteiger partial charge in [0.05, 0.1) is 0 Å². The molecular weight excluding hydrogens is 355 g/mol. The van der Waals surface area contributed by atoms with Gasteiger partial charge in [0.25, 0.3) is 0 Å². The summed E-state index contributed by atoms with van der Waals surface area (Å²) in [6.45, 7) is 0. The van der Waals surface area contributed by atoms with E-state index in [0.717, 1.165) is 0 Å². The second-order valence-electron chi connectivity index (χ2n) is 0. The van der Waals surface area contributed by atoms with Gasteiger partial charge in [0.1, 0.15) is 0 Å². The van der Waals surface area contributed by atoms with Gasteiger partial charge in [-0.1, -0.05) is 0 Å². The molecule has 0 aliphatic heterocycles. The third kappa shape index (κ3) is 8.84. The SMILES string of the molecule is [Hf].[Ni].[Ni].[Ni]. The van der Waals surface area contributed by atoms with Gasteiger partial charge in [-0.2, -0.15) is 0 Å². The Bertz CT molecular complexity index is 3.25. The molecule has 0 saturated carbocycles. The van der Waals surface area contributed by atoms with Crippen LogP contribution in [-0.4, -0.2) is 0 Å². The molecule has 0 aliphatic rings. The van der Waals surface area contributed by atoms with E-state index in [1.807, 2.05) is 0 Å². The van der Waals surface area contributed by atoms with E-state index < -0.39 is 0 Å². The minimum Gasteiger partial charge on any atom is 0 e. The molecule has 0 rings (SSSR count). The van der Waals surface area contributed by atoms with E-state index in [2.05, 4.69) is 0 Å². The van der Waals surface area contributed by atoms with E-state index in [-0.39, 0.29) is 75.3 Å². The van der Waals surface area contributed by atoms with Crippen LogP contribution in [0.2, 0.25) is 0 Å². The molecule has 0 radical (unpaired) electrons. The van der Waals surface area contributed by atoms with E-state index in [1.165, 1.54) is 0 Å². The molecule has 0 nitrogen and oxygen atoms in total. The molecule has 0 fully saturated rings. The van der Waals surface area contributed by atoms with Crippen LogP contribution in [0.15, 0.2) is 0 Å². The van der Waals surface area contributed by atoms with Gasteiger partial charge in [-0.3, -0.25) is 0 Å². The number of hydrogen-bond donors (Lipinski definition) is 0. The first-order chi connectivity index (χ1) is 0. The van der Waals surface area contributed by atoms with Crippen molar-refractivity contribution >= 4 is 0 Å². The molecule has 0 aliphatic carbocycles. The van der Waals surface area contributed by atoms with E-state index in [4.69, 9.17) is 0 Å². The van der Waals surface area contributed by atoms with Gasteiger partial charge in [-0.05, 0) is 0 Å². The predicted octanol–water partition coefficient (Wildman–Crippen LogP) is -0.0100. The van der Waals surface area contributed by atoms with Crippen LogP contribution in [0.25, 0.3) is 0 Å². The summed E-state index contributed by atoms with van der Waals surface area (Å²) in [5.74, 6) is 0. The third-order valence-electron chi connectivity index (χ3n) is 0. The standard InChI is InChI=1S/Hf.3Ni. The van der Waals surface area contributed by atoms with Crippen LogP contribution in [0.1, 0.15) is 0 Å². The topological polar surface area (TPSA) is 0 Å². The van der Waals surface area contributed by atoms with Crippen molar-refractivity contribution in [1.82, 2.24) is 0 Å². The third-order valence-corrected chi connectivity index (χ3v) is 0. The Kier molecular flexibility index (Phi) is 151. The maximum Gasteiger partial charge on any atom is 0 e. The molecule has 4 heavy (non-hydrogen) atoms. The molecule has 0 bridgehead atoms. The van der Waals surface area contributed by atoms with Gasteiger partial charge >= 0.3 is 0 Å². The van der Waals surface area contributed by atoms with Gasteiger partial charge < -0.3 is 0 Å². The van der Waals surface area contributed by atoms with Crippen LogP contribution in [0.3, 0.4) is 0 Å². The summed E-state index contributed by atoms with van der Waals surface area (Å²) < 4.78 is 0. The number of hydrogen-bond acceptors (Lipinski definition) is 0. The molecule has 34 valence electrons. The normalized spacial score (nSPS) is 0. The Morgan fingerprint density at radius 1 is 0.500 bits per heavy atom. The van der Waals surface area contributed by atoms with Gasteiger partial charge in [0, 0.05) is 75.3 Å². The largest absolute Gasteiger partial charge is 0 e. The fraction of sp³-hybridized carbons (Fsp3) is 0. The van der Waals surface area contributed by atoms with Gasteiger partial charge in [-0.25, -0.2) is 0 Å². The van der Waals surface area contributed by atoms with Crippen LogP contribution < -0.4 is 0 Å². The molecule has 4 heteroatoms. The second-order valence-corrected chi connectivity index (χ2v) is 0. The molecular formula is HfNi3. The second kappa shape index (κ2) is 18.3. The maximum atomic E-state index is 0. The molecule has 0 saturated heterocycles. The summed E-state index contributed by atoms with van der Waals surface area (Å²) in [4.78, 5) is 0. The molecule has 0 aromatic heterocycles. The maximum absolute atomic E-state index is 0. The fourth-order valence-electron chi connectivity index (χ4n) is 0. The molecule has 0 N–H and O–H groups in total. The average Bonchev–Trinajstić information content (AvgIpc) is 0. The van der Waals surface area contributed by atoms with Crippen molar-refractivity contribution in [1.29, 1.82) is 0 Å². The van der Waals surface area contributed by atoms with Crippen LogP contribution in [0, 0.1) is 0 Å². The molecule has 0 atom stereocenters. The van der Waals surface area contributed by atoms with Crippen molar-refractivity contribution < 1.29 is 75.3 Å². The molecule has 0 heterocycles. The van der Waals surface area contributed by atoms with Crippen LogP contribution in [-0.2, 0) is 75.3 Å². The first kappa shape index (κ1) is 32.9. The smallest absolute Gasteiger partial charge is 0 e. The molecule has 0 spiro atoms. The van der Waals surface area contributed by atoms with E-state index in [0.29, 0.717) is 0 Å². The minimum absolute atomic E-state index is 0. The zero-order chi connectivity index (χ0) is 0. The quantitative estimate of drug-likeness (QED) is 0.537. The summed E-state index contributed by atoms with van der Waals surface area (Å²) in [6.07, 6.45) is 0. The zero-order valence-electron chi connectivity index (χ0n) is 1.45. The van der Waals surface area contributed by atoms with E-state index in [9.17, 15) is 0 Å². The van der Waals surface area contributed by atoms with E-state index in [1.54, 1.807) is 0 Å². The average molecular weight is 355 g/mol. The Hall–Kier alpha value is 2.35. The van der Waals surface area contributed by atoms with Crippen molar-refractivity contribution in [3.8, 4) is 0 Å².